The average molecular weight is 240 g/mol. The van der Waals surface area contributed by atoms with Gasteiger partial charge in [0.05, 0.1) is 0 Å². The molecule has 1 amide bonds. The zero-order valence-electron chi connectivity index (χ0n) is 11.2. The Labute approximate surface area is 104 Å². The largest absolute Gasteiger partial charge is 0.444 e. The summed E-state index contributed by atoms with van der Waals surface area (Å²) in [5.74, 6) is 1.43. The van der Waals surface area contributed by atoms with E-state index in [9.17, 15) is 4.79 Å². The van der Waals surface area contributed by atoms with E-state index in [0.29, 0.717) is 5.92 Å². The zero-order chi connectivity index (χ0) is 12.5. The summed E-state index contributed by atoms with van der Waals surface area (Å²) < 4.78 is 5.35. The van der Waals surface area contributed by atoms with Gasteiger partial charge in [0.15, 0.2) is 0 Å². The maximum atomic E-state index is 11.8. The SMILES string of the molecule is CC(C)(C)OC(=O)N1CC(C2CCCNC2)C1. The Kier molecular flexibility index (Phi) is 3.61. The van der Waals surface area contributed by atoms with Crippen molar-refractivity contribution in [1.82, 2.24) is 10.2 Å². The van der Waals surface area contributed by atoms with E-state index in [2.05, 4.69) is 5.32 Å². The fraction of sp³-hybridized carbons (Fsp3) is 0.923. The summed E-state index contributed by atoms with van der Waals surface area (Å²) in [4.78, 5) is 13.6. The minimum Gasteiger partial charge on any atom is -0.444 e. The summed E-state index contributed by atoms with van der Waals surface area (Å²) in [6.07, 6.45) is 2.42. The lowest BCUT2D eigenvalue weighted by atomic mass is 9.81. The quantitative estimate of drug-likeness (QED) is 0.760. The number of amides is 1. The van der Waals surface area contributed by atoms with Crippen molar-refractivity contribution in [3.63, 3.8) is 0 Å². The minimum atomic E-state index is -0.380. The number of nitrogens with one attached hydrogen (secondary N) is 1. The van der Waals surface area contributed by atoms with Crippen LogP contribution in [0, 0.1) is 11.8 Å². The number of hydrogen-bond donors (Lipinski definition) is 1. The lowest BCUT2D eigenvalue weighted by Gasteiger charge is -2.44. The number of nitrogens with zero attached hydrogens (tertiary/aromatic N) is 1. The predicted octanol–water partition coefficient (Wildman–Crippen LogP) is 1.85. The molecule has 2 fully saturated rings. The molecule has 1 N–H and O–H groups in total. The highest BCUT2D eigenvalue weighted by molar-refractivity contribution is 5.69. The maximum absolute atomic E-state index is 11.8. The molecule has 0 radical (unpaired) electrons. The van der Waals surface area contributed by atoms with Crippen LogP contribution in [0.25, 0.3) is 0 Å². The summed E-state index contributed by atoms with van der Waals surface area (Å²) in [5, 5.41) is 3.43. The van der Waals surface area contributed by atoms with E-state index in [4.69, 9.17) is 4.74 Å². The predicted molar refractivity (Wildman–Crippen MR) is 66.9 cm³/mol. The Balaban J connectivity index is 1.72. The molecule has 0 bridgehead atoms. The van der Waals surface area contributed by atoms with Gasteiger partial charge in [0.2, 0.25) is 0 Å². The minimum absolute atomic E-state index is 0.155. The highest BCUT2D eigenvalue weighted by Gasteiger charge is 2.38. The Morgan fingerprint density at radius 2 is 2.00 bits per heavy atom. The van der Waals surface area contributed by atoms with Crippen LogP contribution in [-0.4, -0.2) is 42.8 Å². The van der Waals surface area contributed by atoms with Gasteiger partial charge < -0.3 is 15.0 Å². The molecular weight excluding hydrogens is 216 g/mol. The lowest BCUT2D eigenvalue weighted by Crippen LogP contribution is -2.55. The number of piperidine rings is 1. The van der Waals surface area contributed by atoms with Crippen LogP contribution in [0.5, 0.6) is 0 Å². The van der Waals surface area contributed by atoms with Crippen molar-refractivity contribution >= 4 is 6.09 Å². The van der Waals surface area contributed by atoms with Gasteiger partial charge in [-0.25, -0.2) is 4.79 Å². The van der Waals surface area contributed by atoms with E-state index in [1.165, 1.54) is 12.8 Å². The van der Waals surface area contributed by atoms with Gasteiger partial charge >= 0.3 is 6.09 Å². The fourth-order valence-electron chi connectivity index (χ4n) is 2.57. The van der Waals surface area contributed by atoms with E-state index < -0.39 is 0 Å². The maximum Gasteiger partial charge on any atom is 0.410 e. The third-order valence-corrected chi connectivity index (χ3v) is 3.56. The molecule has 1 unspecified atom stereocenters. The van der Waals surface area contributed by atoms with E-state index in [-0.39, 0.29) is 11.7 Å². The Bertz CT molecular complexity index is 274. The van der Waals surface area contributed by atoms with Crippen LogP contribution in [0.3, 0.4) is 0 Å². The van der Waals surface area contributed by atoms with Gasteiger partial charge in [-0.15, -0.1) is 0 Å². The van der Waals surface area contributed by atoms with Gasteiger partial charge in [-0.05, 0) is 58.5 Å². The first-order valence-corrected chi connectivity index (χ1v) is 6.64. The molecule has 0 aromatic rings. The molecular formula is C13H24N2O2. The molecule has 2 aliphatic rings. The lowest BCUT2D eigenvalue weighted by molar-refractivity contribution is -0.0130. The zero-order valence-corrected chi connectivity index (χ0v) is 11.2. The Morgan fingerprint density at radius 3 is 2.53 bits per heavy atom. The van der Waals surface area contributed by atoms with Crippen LogP contribution < -0.4 is 5.32 Å². The molecule has 2 aliphatic heterocycles. The Morgan fingerprint density at radius 1 is 1.29 bits per heavy atom. The number of carbonyl (C=O) groups is 1. The molecule has 2 heterocycles. The van der Waals surface area contributed by atoms with E-state index in [1.54, 1.807) is 0 Å². The second-order valence-corrected chi connectivity index (χ2v) is 6.25. The van der Waals surface area contributed by atoms with Gasteiger partial charge in [-0.3, -0.25) is 0 Å². The smallest absolute Gasteiger partial charge is 0.410 e. The molecule has 4 nitrogen and oxygen atoms in total. The van der Waals surface area contributed by atoms with Crippen LogP contribution in [-0.2, 0) is 4.74 Å². The molecule has 2 rings (SSSR count). The molecule has 98 valence electrons. The second kappa shape index (κ2) is 4.84. The number of hydrogen-bond acceptors (Lipinski definition) is 3. The first-order chi connectivity index (χ1) is 7.96. The normalized spacial score (nSPS) is 26.5. The van der Waals surface area contributed by atoms with Gasteiger partial charge in [0.1, 0.15) is 5.60 Å². The van der Waals surface area contributed by atoms with Crippen LogP contribution in [0.4, 0.5) is 4.79 Å². The highest BCUT2D eigenvalue weighted by Crippen LogP contribution is 2.29. The standard InChI is InChI=1S/C13H24N2O2/c1-13(2,3)17-12(16)15-8-11(9-15)10-5-4-6-14-7-10/h10-11,14H,4-9H2,1-3H3. The first-order valence-electron chi connectivity index (χ1n) is 6.64. The fourth-order valence-corrected chi connectivity index (χ4v) is 2.57. The molecule has 0 aromatic carbocycles. The van der Waals surface area contributed by atoms with Crippen molar-refractivity contribution in [2.45, 2.75) is 39.2 Å². The molecule has 4 heteroatoms. The van der Waals surface area contributed by atoms with Crippen molar-refractivity contribution in [1.29, 1.82) is 0 Å². The number of carbonyl (C=O) groups excluding carboxylic acids is 1. The van der Waals surface area contributed by atoms with Crippen molar-refractivity contribution in [3.8, 4) is 0 Å². The monoisotopic (exact) mass is 240 g/mol. The van der Waals surface area contributed by atoms with E-state index in [0.717, 1.165) is 32.1 Å². The van der Waals surface area contributed by atoms with Gasteiger partial charge in [0.25, 0.3) is 0 Å². The first kappa shape index (κ1) is 12.7. The van der Waals surface area contributed by atoms with E-state index >= 15 is 0 Å². The number of ether oxygens (including phenoxy) is 1. The van der Waals surface area contributed by atoms with Crippen LogP contribution in [0.1, 0.15) is 33.6 Å². The molecule has 2 saturated heterocycles. The van der Waals surface area contributed by atoms with E-state index in [1.807, 2.05) is 25.7 Å². The summed E-state index contributed by atoms with van der Waals surface area (Å²) in [6.45, 7) is 9.75. The molecule has 0 aromatic heterocycles. The second-order valence-electron chi connectivity index (χ2n) is 6.25. The molecule has 17 heavy (non-hydrogen) atoms. The van der Waals surface area contributed by atoms with Gasteiger partial charge in [-0.1, -0.05) is 0 Å². The molecule has 1 atom stereocenters. The summed E-state index contributed by atoms with van der Waals surface area (Å²) in [6, 6.07) is 0. The average Bonchev–Trinajstić information content (AvgIpc) is 2.14. The van der Waals surface area contributed by atoms with Crippen LogP contribution in [0.2, 0.25) is 0 Å². The van der Waals surface area contributed by atoms with Crippen molar-refractivity contribution in [2.24, 2.45) is 11.8 Å². The van der Waals surface area contributed by atoms with Gasteiger partial charge in [-0.2, -0.15) is 0 Å². The highest BCUT2D eigenvalue weighted by atomic mass is 16.6. The number of rotatable bonds is 1. The third-order valence-electron chi connectivity index (χ3n) is 3.56. The van der Waals surface area contributed by atoms with Crippen molar-refractivity contribution in [3.05, 3.63) is 0 Å². The van der Waals surface area contributed by atoms with Crippen molar-refractivity contribution < 1.29 is 9.53 Å². The summed E-state index contributed by atoms with van der Waals surface area (Å²) in [5.41, 5.74) is -0.380. The molecule has 0 spiro atoms. The molecule has 0 aliphatic carbocycles. The topological polar surface area (TPSA) is 41.6 Å². The van der Waals surface area contributed by atoms with Crippen LogP contribution >= 0.6 is 0 Å². The summed E-state index contributed by atoms with van der Waals surface area (Å²) in [7, 11) is 0. The van der Waals surface area contributed by atoms with Crippen LogP contribution in [0.15, 0.2) is 0 Å². The number of likely N-dealkylation sites (tertiary alicyclic amines) is 1. The van der Waals surface area contributed by atoms with Crippen molar-refractivity contribution in [2.75, 3.05) is 26.2 Å². The Hall–Kier alpha value is -0.770. The summed E-state index contributed by atoms with van der Waals surface area (Å²) >= 11 is 0. The molecule has 0 saturated carbocycles. The third kappa shape index (κ3) is 3.35. The van der Waals surface area contributed by atoms with Gasteiger partial charge in [0, 0.05) is 13.1 Å².